The molecular formula is C15H22N4O2S. The molecule has 2 aromatic rings. The minimum atomic E-state index is -0.114. The zero-order chi connectivity index (χ0) is 15.9. The lowest BCUT2D eigenvalue weighted by Gasteiger charge is -2.16. The molecule has 0 spiro atoms. The number of ether oxygens (including phenoxy) is 1. The fourth-order valence-corrected chi connectivity index (χ4v) is 2.25. The molecule has 0 unspecified atom stereocenters. The largest absolute Gasteiger partial charge is 0.388 e. The van der Waals surface area contributed by atoms with Crippen molar-refractivity contribution in [2.24, 2.45) is 7.05 Å². The molecular weight excluding hydrogens is 300 g/mol. The number of aliphatic hydroxyl groups is 1. The molecule has 120 valence electrons. The number of hydrogen-bond donors (Lipinski definition) is 1. The minimum Gasteiger partial charge on any atom is -0.388 e. The van der Waals surface area contributed by atoms with Crippen LogP contribution in [0.3, 0.4) is 0 Å². The van der Waals surface area contributed by atoms with Crippen LogP contribution in [0.1, 0.15) is 11.4 Å². The van der Waals surface area contributed by atoms with Crippen LogP contribution < -0.4 is 0 Å². The van der Waals surface area contributed by atoms with E-state index in [1.807, 2.05) is 37.4 Å². The number of aliphatic hydroxyl groups excluding tert-OH is 1. The molecule has 7 heteroatoms. The van der Waals surface area contributed by atoms with Crippen molar-refractivity contribution in [3.8, 4) is 0 Å². The topological polar surface area (TPSA) is 55.4 Å². The van der Waals surface area contributed by atoms with E-state index < -0.39 is 0 Å². The zero-order valence-electron chi connectivity index (χ0n) is 13.0. The Bertz CT molecular complexity index is 639. The van der Waals surface area contributed by atoms with Gasteiger partial charge < -0.3 is 14.4 Å². The fraction of sp³-hybridized carbons (Fsp3) is 0.467. The SMILES string of the molecule is CN(CCOCc1ccccc1)Cn1nc(CO)n(C)c1=S. The van der Waals surface area contributed by atoms with Crippen LogP contribution in [0.2, 0.25) is 0 Å². The van der Waals surface area contributed by atoms with E-state index >= 15 is 0 Å². The highest BCUT2D eigenvalue weighted by molar-refractivity contribution is 7.71. The second-order valence-corrected chi connectivity index (χ2v) is 5.54. The lowest BCUT2D eigenvalue weighted by Crippen LogP contribution is -2.26. The molecule has 0 aliphatic carbocycles. The molecule has 0 saturated carbocycles. The summed E-state index contributed by atoms with van der Waals surface area (Å²) in [5, 5.41) is 13.5. The number of nitrogens with zero attached hydrogens (tertiary/aromatic N) is 4. The van der Waals surface area contributed by atoms with Crippen LogP contribution in [0.5, 0.6) is 0 Å². The van der Waals surface area contributed by atoms with Gasteiger partial charge in [-0.25, -0.2) is 4.68 Å². The molecule has 22 heavy (non-hydrogen) atoms. The van der Waals surface area contributed by atoms with E-state index in [2.05, 4.69) is 10.00 Å². The molecule has 0 radical (unpaired) electrons. The highest BCUT2D eigenvalue weighted by atomic mass is 32.1. The first-order valence-electron chi connectivity index (χ1n) is 7.15. The van der Waals surface area contributed by atoms with Crippen LogP contribution in [-0.4, -0.2) is 44.6 Å². The van der Waals surface area contributed by atoms with Crippen molar-refractivity contribution in [2.45, 2.75) is 19.9 Å². The van der Waals surface area contributed by atoms with E-state index in [-0.39, 0.29) is 6.61 Å². The Morgan fingerprint density at radius 3 is 2.68 bits per heavy atom. The summed E-state index contributed by atoms with van der Waals surface area (Å²) in [6.07, 6.45) is 0. The Morgan fingerprint density at radius 1 is 1.32 bits per heavy atom. The van der Waals surface area contributed by atoms with Gasteiger partial charge in [0.25, 0.3) is 0 Å². The second-order valence-electron chi connectivity index (χ2n) is 5.17. The first-order valence-corrected chi connectivity index (χ1v) is 7.56. The van der Waals surface area contributed by atoms with Gasteiger partial charge in [-0.1, -0.05) is 30.3 Å². The van der Waals surface area contributed by atoms with Gasteiger partial charge in [0, 0.05) is 13.6 Å². The van der Waals surface area contributed by atoms with Gasteiger partial charge in [0.2, 0.25) is 0 Å². The van der Waals surface area contributed by atoms with E-state index in [1.165, 1.54) is 5.56 Å². The molecule has 0 aliphatic rings. The van der Waals surface area contributed by atoms with Gasteiger partial charge in [-0.3, -0.25) is 4.90 Å². The van der Waals surface area contributed by atoms with Gasteiger partial charge in [0.05, 0.1) is 19.9 Å². The van der Waals surface area contributed by atoms with Gasteiger partial charge in [0.15, 0.2) is 10.6 Å². The third-order valence-electron chi connectivity index (χ3n) is 3.38. The van der Waals surface area contributed by atoms with Gasteiger partial charge in [-0.05, 0) is 24.8 Å². The molecule has 0 amide bonds. The summed E-state index contributed by atoms with van der Waals surface area (Å²) in [5.41, 5.74) is 1.17. The number of benzene rings is 1. The predicted octanol–water partition coefficient (Wildman–Crippen LogP) is 1.55. The number of hydrogen-bond acceptors (Lipinski definition) is 5. The van der Waals surface area contributed by atoms with Crippen LogP contribution in [0, 0.1) is 4.77 Å². The Kier molecular flexibility index (Phi) is 6.26. The van der Waals surface area contributed by atoms with Crippen molar-refractivity contribution in [1.29, 1.82) is 0 Å². The highest BCUT2D eigenvalue weighted by Crippen LogP contribution is 2.02. The Morgan fingerprint density at radius 2 is 2.05 bits per heavy atom. The molecule has 1 heterocycles. The lowest BCUT2D eigenvalue weighted by molar-refractivity contribution is 0.0901. The van der Waals surface area contributed by atoms with Crippen LogP contribution in [-0.2, 0) is 31.7 Å². The molecule has 0 aliphatic heterocycles. The van der Waals surface area contributed by atoms with E-state index in [1.54, 1.807) is 16.3 Å². The first-order chi connectivity index (χ1) is 10.6. The number of likely N-dealkylation sites (N-methyl/N-ethyl adjacent to an activating group) is 1. The average molecular weight is 322 g/mol. The monoisotopic (exact) mass is 322 g/mol. The number of rotatable bonds is 8. The molecule has 2 rings (SSSR count). The van der Waals surface area contributed by atoms with Crippen molar-refractivity contribution < 1.29 is 9.84 Å². The summed E-state index contributed by atoms with van der Waals surface area (Å²) in [6, 6.07) is 10.1. The summed E-state index contributed by atoms with van der Waals surface area (Å²) in [7, 11) is 3.79. The van der Waals surface area contributed by atoms with Crippen LogP contribution in [0.4, 0.5) is 0 Å². The standard InChI is InChI=1S/C15H22N4O2S/c1-17(8-9-21-11-13-6-4-3-5-7-13)12-19-15(22)18(2)14(10-20)16-19/h3-7,20H,8-12H2,1-2H3. The van der Waals surface area contributed by atoms with Crippen molar-refractivity contribution >= 4 is 12.2 Å². The third-order valence-corrected chi connectivity index (χ3v) is 3.86. The molecule has 0 bridgehead atoms. The van der Waals surface area contributed by atoms with Gasteiger partial charge in [0.1, 0.15) is 6.61 Å². The highest BCUT2D eigenvalue weighted by Gasteiger charge is 2.08. The van der Waals surface area contributed by atoms with E-state index in [0.29, 0.717) is 30.5 Å². The summed E-state index contributed by atoms with van der Waals surface area (Å²) < 4.78 is 9.69. The second kappa shape index (κ2) is 8.19. The molecule has 1 aromatic carbocycles. The van der Waals surface area contributed by atoms with E-state index in [9.17, 15) is 5.11 Å². The van der Waals surface area contributed by atoms with E-state index in [0.717, 1.165) is 6.54 Å². The molecule has 6 nitrogen and oxygen atoms in total. The summed E-state index contributed by atoms with van der Waals surface area (Å²) in [4.78, 5) is 2.08. The van der Waals surface area contributed by atoms with Crippen LogP contribution >= 0.6 is 12.2 Å². The van der Waals surface area contributed by atoms with Crippen molar-refractivity contribution in [3.63, 3.8) is 0 Å². The minimum absolute atomic E-state index is 0.114. The maximum absolute atomic E-state index is 9.20. The maximum Gasteiger partial charge on any atom is 0.198 e. The van der Waals surface area contributed by atoms with Gasteiger partial charge >= 0.3 is 0 Å². The Labute approximate surface area is 135 Å². The molecule has 0 saturated heterocycles. The predicted molar refractivity (Wildman–Crippen MR) is 86.7 cm³/mol. The third kappa shape index (κ3) is 4.48. The van der Waals surface area contributed by atoms with Crippen molar-refractivity contribution in [3.05, 3.63) is 46.5 Å². The summed E-state index contributed by atoms with van der Waals surface area (Å²) in [5.74, 6) is 0.568. The Balaban J connectivity index is 1.76. The van der Waals surface area contributed by atoms with Crippen LogP contribution in [0.25, 0.3) is 0 Å². The van der Waals surface area contributed by atoms with Crippen LogP contribution in [0.15, 0.2) is 30.3 Å². The number of aromatic nitrogens is 3. The zero-order valence-corrected chi connectivity index (χ0v) is 13.8. The molecule has 0 atom stereocenters. The fourth-order valence-electron chi connectivity index (χ4n) is 2.05. The van der Waals surface area contributed by atoms with Gasteiger partial charge in [-0.15, -0.1) is 0 Å². The Hall–Kier alpha value is -1.54. The van der Waals surface area contributed by atoms with Crippen molar-refractivity contribution in [1.82, 2.24) is 19.2 Å². The molecule has 1 aromatic heterocycles. The first kappa shape index (κ1) is 16.8. The van der Waals surface area contributed by atoms with Crippen molar-refractivity contribution in [2.75, 3.05) is 20.2 Å². The van der Waals surface area contributed by atoms with E-state index in [4.69, 9.17) is 17.0 Å². The molecule has 1 N–H and O–H groups in total. The lowest BCUT2D eigenvalue weighted by atomic mass is 10.2. The summed E-state index contributed by atoms with van der Waals surface area (Å²) in [6.45, 7) is 2.49. The summed E-state index contributed by atoms with van der Waals surface area (Å²) >= 11 is 5.29. The average Bonchev–Trinajstić information content (AvgIpc) is 2.80. The maximum atomic E-state index is 9.20. The normalized spacial score (nSPS) is 11.3. The quantitative estimate of drug-likeness (QED) is 0.590. The smallest absolute Gasteiger partial charge is 0.198 e. The molecule has 0 fully saturated rings. The van der Waals surface area contributed by atoms with Gasteiger partial charge in [-0.2, -0.15) is 5.10 Å².